The number of ether oxygens (including phenoxy) is 2. The van der Waals surface area contributed by atoms with Crippen LogP contribution in [0.2, 0.25) is 0 Å². The number of methoxy groups -OCH3 is 1. The van der Waals surface area contributed by atoms with Gasteiger partial charge >= 0.3 is 12.1 Å². The molecule has 3 aliphatic carbocycles. The maximum absolute atomic E-state index is 13.6. The molecule has 1 saturated heterocycles. The molecule has 0 amide bonds. The molecule has 8 atom stereocenters. The summed E-state index contributed by atoms with van der Waals surface area (Å²) in [4.78, 5) is 12.6. The van der Waals surface area contributed by atoms with Crippen LogP contribution in [-0.2, 0) is 14.3 Å². The van der Waals surface area contributed by atoms with Gasteiger partial charge in [-0.05, 0) is 57.4 Å². The third-order valence-electron chi connectivity index (χ3n) is 8.39. The van der Waals surface area contributed by atoms with Gasteiger partial charge in [-0.1, -0.05) is 26.2 Å². The highest BCUT2D eigenvalue weighted by molar-refractivity contribution is 5.90. The molecule has 4 nitrogen and oxygen atoms in total. The number of carbonyl (C=O) groups excluding carboxylic acids is 1. The van der Waals surface area contributed by atoms with Crippen molar-refractivity contribution in [1.29, 1.82) is 0 Å². The van der Waals surface area contributed by atoms with Crippen molar-refractivity contribution in [2.24, 2.45) is 23.7 Å². The van der Waals surface area contributed by atoms with Gasteiger partial charge < -0.3 is 14.8 Å². The van der Waals surface area contributed by atoms with Crippen LogP contribution in [0.3, 0.4) is 0 Å². The summed E-state index contributed by atoms with van der Waals surface area (Å²) < 4.78 is 52.6. The van der Waals surface area contributed by atoms with Crippen molar-refractivity contribution < 1.29 is 27.4 Å². The Morgan fingerprint density at radius 1 is 1.40 bits per heavy atom. The van der Waals surface area contributed by atoms with E-state index in [9.17, 15) is 18.0 Å². The fourth-order valence-corrected chi connectivity index (χ4v) is 7.33. The fraction of sp³-hybridized carbons (Fsp3) is 0.870. The minimum Gasteiger partial charge on any atom is -0.466 e. The highest BCUT2D eigenvalue weighted by atomic mass is 19.4. The Labute approximate surface area is 176 Å². The second kappa shape index (κ2) is 7.51. The van der Waals surface area contributed by atoms with Crippen molar-refractivity contribution in [2.75, 3.05) is 7.11 Å². The monoisotopic (exact) mass is 429 g/mol. The second-order valence-corrected chi connectivity index (χ2v) is 10.0. The number of alkyl halides is 3. The predicted molar refractivity (Wildman–Crippen MR) is 107 cm³/mol. The van der Waals surface area contributed by atoms with Gasteiger partial charge in [-0.15, -0.1) is 0 Å². The van der Waals surface area contributed by atoms with Gasteiger partial charge in [0.15, 0.2) is 0 Å². The molecule has 7 heteroatoms. The molecule has 1 spiro atoms. The molecule has 2 saturated carbocycles. The second-order valence-electron chi connectivity index (χ2n) is 10.0. The topological polar surface area (TPSA) is 47.6 Å². The minimum absolute atomic E-state index is 0.0604. The maximum Gasteiger partial charge on any atom is 0.403 e. The van der Waals surface area contributed by atoms with E-state index in [0.717, 1.165) is 32.1 Å². The van der Waals surface area contributed by atoms with E-state index in [0.29, 0.717) is 17.9 Å². The standard InChI is InChI=1S/C23H34F3NO3/c1-5-8-18(23(24,25)26)27-13(2)17-11-14-16-9-6-7-10-22(16)12-15(20(28)29-4)19(14)21(17,3)30-22/h12-14,16-19,27H,5-11H2,1-4H3. The fourth-order valence-electron chi connectivity index (χ4n) is 7.33. The molecule has 8 unspecified atom stereocenters. The molecule has 170 valence electrons. The summed E-state index contributed by atoms with van der Waals surface area (Å²) >= 11 is 0. The molecule has 30 heavy (non-hydrogen) atoms. The third kappa shape index (κ3) is 3.22. The molecule has 1 N–H and O–H groups in total. The van der Waals surface area contributed by atoms with Crippen LogP contribution in [0.15, 0.2) is 11.6 Å². The Balaban J connectivity index is 1.67. The van der Waals surface area contributed by atoms with Gasteiger partial charge in [0, 0.05) is 23.5 Å². The van der Waals surface area contributed by atoms with Gasteiger partial charge in [0.25, 0.3) is 0 Å². The largest absolute Gasteiger partial charge is 0.466 e. The molecular weight excluding hydrogens is 395 g/mol. The summed E-state index contributed by atoms with van der Waals surface area (Å²) in [6.07, 6.45) is 3.16. The molecule has 0 aromatic heterocycles. The highest BCUT2D eigenvalue weighted by Gasteiger charge is 2.70. The Morgan fingerprint density at radius 2 is 2.13 bits per heavy atom. The van der Waals surface area contributed by atoms with Gasteiger partial charge in [-0.2, -0.15) is 13.2 Å². The normalized spacial score (nSPS) is 41.8. The average molecular weight is 430 g/mol. The summed E-state index contributed by atoms with van der Waals surface area (Å²) in [5.74, 6) is 0.0740. The van der Waals surface area contributed by atoms with E-state index in [1.807, 2.05) is 19.9 Å². The number of halogens is 3. The van der Waals surface area contributed by atoms with Crippen molar-refractivity contribution in [3.63, 3.8) is 0 Å². The van der Waals surface area contributed by atoms with Crippen LogP contribution in [0.1, 0.15) is 65.7 Å². The molecule has 4 bridgehead atoms. The lowest BCUT2D eigenvalue weighted by atomic mass is 9.56. The number of nitrogens with one attached hydrogen (secondary N) is 1. The average Bonchev–Trinajstić information content (AvgIpc) is 2.94. The molecule has 2 aliphatic heterocycles. The van der Waals surface area contributed by atoms with E-state index in [1.54, 1.807) is 6.92 Å². The Hall–Kier alpha value is -1.08. The predicted octanol–water partition coefficient (Wildman–Crippen LogP) is 4.78. The summed E-state index contributed by atoms with van der Waals surface area (Å²) in [7, 11) is 1.40. The lowest BCUT2D eigenvalue weighted by molar-refractivity contribution is -0.242. The number of hydrogen-bond donors (Lipinski definition) is 1. The smallest absolute Gasteiger partial charge is 0.403 e. The lowest BCUT2D eigenvalue weighted by Crippen LogP contribution is -2.64. The van der Waals surface area contributed by atoms with E-state index < -0.39 is 23.4 Å². The van der Waals surface area contributed by atoms with Crippen LogP contribution < -0.4 is 5.32 Å². The molecule has 0 aromatic rings. The van der Waals surface area contributed by atoms with Gasteiger partial charge in [0.2, 0.25) is 0 Å². The molecular formula is C23H34F3NO3. The van der Waals surface area contributed by atoms with E-state index in [4.69, 9.17) is 9.47 Å². The molecule has 0 radical (unpaired) electrons. The molecule has 2 heterocycles. The molecule has 5 rings (SSSR count). The van der Waals surface area contributed by atoms with Crippen molar-refractivity contribution in [3.05, 3.63) is 11.6 Å². The third-order valence-corrected chi connectivity index (χ3v) is 8.39. The number of carbonyl (C=O) groups is 1. The zero-order chi connectivity index (χ0) is 21.9. The quantitative estimate of drug-likeness (QED) is 0.618. The van der Waals surface area contributed by atoms with E-state index in [-0.39, 0.29) is 36.2 Å². The van der Waals surface area contributed by atoms with Crippen LogP contribution in [0.5, 0.6) is 0 Å². The van der Waals surface area contributed by atoms with Crippen molar-refractivity contribution in [1.82, 2.24) is 5.32 Å². The minimum atomic E-state index is -4.28. The van der Waals surface area contributed by atoms with Gasteiger partial charge in [0.1, 0.15) is 6.04 Å². The van der Waals surface area contributed by atoms with Crippen molar-refractivity contribution in [3.8, 4) is 0 Å². The van der Waals surface area contributed by atoms with Crippen molar-refractivity contribution >= 4 is 5.97 Å². The Bertz CT molecular complexity index is 723. The zero-order valence-corrected chi connectivity index (χ0v) is 18.3. The van der Waals surface area contributed by atoms with Crippen LogP contribution >= 0.6 is 0 Å². The first kappa shape index (κ1) is 22.1. The maximum atomic E-state index is 13.6. The molecule has 0 aromatic carbocycles. The van der Waals surface area contributed by atoms with Crippen molar-refractivity contribution in [2.45, 2.75) is 95.2 Å². The van der Waals surface area contributed by atoms with Crippen LogP contribution in [-0.4, -0.2) is 42.5 Å². The Kier molecular flexibility index (Phi) is 5.54. The first-order valence-electron chi connectivity index (χ1n) is 11.4. The summed E-state index contributed by atoms with van der Waals surface area (Å²) in [5.41, 5.74) is -0.451. The van der Waals surface area contributed by atoms with E-state index >= 15 is 0 Å². The van der Waals surface area contributed by atoms with Gasteiger partial charge in [0.05, 0.1) is 18.3 Å². The molecule has 3 fully saturated rings. The first-order chi connectivity index (χ1) is 14.1. The van der Waals surface area contributed by atoms with Crippen LogP contribution in [0.4, 0.5) is 13.2 Å². The van der Waals surface area contributed by atoms with Gasteiger partial charge in [-0.3, -0.25) is 0 Å². The summed E-state index contributed by atoms with van der Waals surface area (Å²) in [6, 6.07) is -1.88. The first-order valence-corrected chi connectivity index (χ1v) is 11.4. The number of hydrogen-bond acceptors (Lipinski definition) is 4. The number of rotatable bonds is 6. The summed E-state index contributed by atoms with van der Waals surface area (Å²) in [6.45, 7) is 5.64. The molecule has 5 aliphatic rings. The van der Waals surface area contributed by atoms with Crippen LogP contribution in [0, 0.1) is 23.7 Å². The highest BCUT2D eigenvalue weighted by Crippen LogP contribution is 2.67. The zero-order valence-electron chi connectivity index (χ0n) is 18.3. The van der Waals surface area contributed by atoms with E-state index in [2.05, 4.69) is 5.32 Å². The number of esters is 1. The van der Waals surface area contributed by atoms with Gasteiger partial charge in [-0.25, -0.2) is 4.79 Å². The van der Waals surface area contributed by atoms with Crippen LogP contribution in [0.25, 0.3) is 0 Å². The van der Waals surface area contributed by atoms with E-state index in [1.165, 1.54) is 7.11 Å². The lowest BCUT2D eigenvalue weighted by Gasteiger charge is -2.60. The Morgan fingerprint density at radius 3 is 2.77 bits per heavy atom. The SMILES string of the molecule is CCCC(NC(C)C1CC2C3CCCCC34C=C(C(=O)OC)C2C1(C)O4)C(F)(F)F. The summed E-state index contributed by atoms with van der Waals surface area (Å²) in [5, 5.41) is 2.89.